The van der Waals surface area contributed by atoms with E-state index in [0.29, 0.717) is 0 Å². The Morgan fingerprint density at radius 3 is 2.81 bits per heavy atom. The highest BCUT2D eigenvalue weighted by atomic mass is 35.5. The van der Waals surface area contributed by atoms with Gasteiger partial charge in [-0.25, -0.2) is 0 Å². The molecule has 1 amide bonds. The summed E-state index contributed by atoms with van der Waals surface area (Å²) in [6.45, 7) is -1.17. The molecule has 1 rings (SSSR count). The average molecular weight is 250 g/mol. The van der Waals surface area contributed by atoms with E-state index < -0.39 is 12.5 Å². The Balaban J connectivity index is 2.93. The summed E-state index contributed by atoms with van der Waals surface area (Å²) in [5.74, 6) is -0.812. The number of carbonyl (C=O) groups is 1. The van der Waals surface area contributed by atoms with Crippen LogP contribution in [0.1, 0.15) is 5.56 Å². The second kappa shape index (κ2) is 5.65. The van der Waals surface area contributed by atoms with Crippen LogP contribution in [0.15, 0.2) is 18.2 Å². The number of halogens is 3. The molecule has 0 spiro atoms. The molecular formula is C10H10ClF2NO2. The molecule has 6 heteroatoms. The average Bonchev–Trinajstić information content (AvgIpc) is 2.21. The molecule has 0 fully saturated rings. The minimum absolute atomic E-state index is 0.0842. The zero-order chi connectivity index (χ0) is 12.1. The van der Waals surface area contributed by atoms with Crippen LogP contribution in [0.25, 0.3) is 0 Å². The first-order valence-corrected chi connectivity index (χ1v) is 4.97. The normalized spacial score (nSPS) is 10.3. The van der Waals surface area contributed by atoms with Crippen LogP contribution < -0.4 is 10.1 Å². The van der Waals surface area contributed by atoms with E-state index in [4.69, 9.17) is 11.6 Å². The lowest BCUT2D eigenvalue weighted by molar-refractivity contribution is -0.114. The lowest BCUT2D eigenvalue weighted by Crippen LogP contribution is -2.14. The van der Waals surface area contributed by atoms with Crippen LogP contribution in [0.2, 0.25) is 0 Å². The van der Waals surface area contributed by atoms with E-state index in [1.165, 1.54) is 12.1 Å². The van der Waals surface area contributed by atoms with Gasteiger partial charge in [-0.2, -0.15) is 8.78 Å². The number of amides is 1. The zero-order valence-corrected chi connectivity index (χ0v) is 9.22. The van der Waals surface area contributed by atoms with Crippen LogP contribution in [0.5, 0.6) is 5.75 Å². The smallest absolute Gasteiger partial charge is 0.387 e. The van der Waals surface area contributed by atoms with Gasteiger partial charge in [0.25, 0.3) is 0 Å². The highest BCUT2D eigenvalue weighted by molar-refractivity contribution is 6.29. The van der Waals surface area contributed by atoms with Crippen molar-refractivity contribution in [3.8, 4) is 5.75 Å². The van der Waals surface area contributed by atoms with Gasteiger partial charge in [-0.05, 0) is 24.6 Å². The van der Waals surface area contributed by atoms with Gasteiger partial charge in [0.15, 0.2) is 0 Å². The third-order valence-electron chi connectivity index (χ3n) is 1.75. The first-order chi connectivity index (χ1) is 7.52. The monoisotopic (exact) mass is 249 g/mol. The van der Waals surface area contributed by atoms with Crippen molar-refractivity contribution >= 4 is 23.2 Å². The summed E-state index contributed by atoms with van der Waals surface area (Å²) in [6, 6.07) is 4.50. The Bertz CT molecular complexity index is 385. The number of carbonyl (C=O) groups excluding carboxylic acids is 1. The maximum absolute atomic E-state index is 12.1. The molecule has 1 N–H and O–H groups in total. The molecule has 0 atom stereocenters. The van der Waals surface area contributed by atoms with Crippen molar-refractivity contribution in [2.75, 3.05) is 11.2 Å². The standard InChI is InChI=1S/C10H10ClF2NO2/c1-6-2-3-8(16-10(12)13)7(4-6)14-9(15)5-11/h2-4,10H,5H2,1H3,(H,14,15). The summed E-state index contributed by atoms with van der Waals surface area (Å²) in [6.07, 6.45) is 0. The van der Waals surface area contributed by atoms with Crippen molar-refractivity contribution in [1.29, 1.82) is 0 Å². The third kappa shape index (κ3) is 3.66. The number of alkyl halides is 3. The molecular weight excluding hydrogens is 240 g/mol. The summed E-state index contributed by atoms with van der Waals surface area (Å²) in [5.41, 5.74) is 0.998. The Hall–Kier alpha value is -1.36. The molecule has 0 aliphatic carbocycles. The van der Waals surface area contributed by atoms with E-state index in [-0.39, 0.29) is 17.3 Å². The third-order valence-corrected chi connectivity index (χ3v) is 1.99. The van der Waals surface area contributed by atoms with Gasteiger partial charge in [-0.15, -0.1) is 11.6 Å². The topological polar surface area (TPSA) is 38.3 Å². The van der Waals surface area contributed by atoms with E-state index in [9.17, 15) is 13.6 Å². The number of ether oxygens (including phenoxy) is 1. The lowest BCUT2D eigenvalue weighted by Gasteiger charge is -2.11. The predicted octanol–water partition coefficient (Wildman–Crippen LogP) is 2.77. The second-order valence-electron chi connectivity index (χ2n) is 3.06. The van der Waals surface area contributed by atoms with E-state index in [2.05, 4.69) is 10.1 Å². The van der Waals surface area contributed by atoms with E-state index in [1.54, 1.807) is 13.0 Å². The SMILES string of the molecule is Cc1ccc(OC(F)F)c(NC(=O)CCl)c1. The predicted molar refractivity (Wildman–Crippen MR) is 57.2 cm³/mol. The molecule has 0 heterocycles. The maximum atomic E-state index is 12.1. The summed E-state index contributed by atoms with van der Waals surface area (Å²) in [5, 5.41) is 2.38. The van der Waals surface area contributed by atoms with Gasteiger partial charge in [-0.3, -0.25) is 4.79 Å². The summed E-state index contributed by atoms with van der Waals surface area (Å²) in [4.78, 5) is 11.0. The quantitative estimate of drug-likeness (QED) is 0.834. The molecule has 1 aromatic rings. The Kier molecular flexibility index (Phi) is 4.49. The molecule has 0 saturated heterocycles. The molecule has 1 aromatic carbocycles. The van der Waals surface area contributed by atoms with E-state index in [0.717, 1.165) is 5.56 Å². The molecule has 0 bridgehead atoms. The highest BCUT2D eigenvalue weighted by Crippen LogP contribution is 2.27. The van der Waals surface area contributed by atoms with Crippen LogP contribution in [-0.4, -0.2) is 18.4 Å². The molecule has 0 radical (unpaired) electrons. The van der Waals surface area contributed by atoms with Crippen molar-refractivity contribution in [3.63, 3.8) is 0 Å². The fourth-order valence-electron chi connectivity index (χ4n) is 1.12. The van der Waals surface area contributed by atoms with Gasteiger partial charge in [0.1, 0.15) is 11.6 Å². The lowest BCUT2D eigenvalue weighted by atomic mass is 10.2. The molecule has 3 nitrogen and oxygen atoms in total. The Labute approximate surface area is 96.4 Å². The van der Waals surface area contributed by atoms with Crippen molar-refractivity contribution < 1.29 is 18.3 Å². The Morgan fingerprint density at radius 1 is 1.56 bits per heavy atom. The molecule has 0 aliphatic rings. The van der Waals surface area contributed by atoms with Gasteiger partial charge >= 0.3 is 6.61 Å². The summed E-state index contributed by atoms with van der Waals surface area (Å²) >= 11 is 5.30. The minimum Gasteiger partial charge on any atom is -0.433 e. The van der Waals surface area contributed by atoms with Crippen LogP contribution in [0.3, 0.4) is 0 Å². The van der Waals surface area contributed by atoms with E-state index >= 15 is 0 Å². The van der Waals surface area contributed by atoms with Crippen LogP contribution in [-0.2, 0) is 4.79 Å². The number of hydrogen-bond acceptors (Lipinski definition) is 2. The number of aryl methyl sites for hydroxylation is 1. The maximum Gasteiger partial charge on any atom is 0.387 e. The van der Waals surface area contributed by atoms with Crippen molar-refractivity contribution in [2.24, 2.45) is 0 Å². The number of anilines is 1. The summed E-state index contributed by atoms with van der Waals surface area (Å²) in [7, 11) is 0. The van der Waals surface area contributed by atoms with Crippen LogP contribution in [0.4, 0.5) is 14.5 Å². The van der Waals surface area contributed by atoms with Gasteiger partial charge in [-0.1, -0.05) is 6.07 Å². The number of benzene rings is 1. The molecule has 88 valence electrons. The fraction of sp³-hybridized carbons (Fsp3) is 0.300. The van der Waals surface area contributed by atoms with Crippen LogP contribution in [0, 0.1) is 6.92 Å². The highest BCUT2D eigenvalue weighted by Gasteiger charge is 2.11. The van der Waals surface area contributed by atoms with Crippen molar-refractivity contribution in [2.45, 2.75) is 13.5 Å². The first-order valence-electron chi connectivity index (χ1n) is 4.44. The molecule has 0 saturated carbocycles. The van der Waals surface area contributed by atoms with Gasteiger partial charge in [0.2, 0.25) is 5.91 Å². The van der Waals surface area contributed by atoms with Crippen LogP contribution >= 0.6 is 11.6 Å². The first kappa shape index (κ1) is 12.7. The summed E-state index contributed by atoms with van der Waals surface area (Å²) < 4.78 is 28.4. The zero-order valence-electron chi connectivity index (χ0n) is 8.47. The number of nitrogens with one attached hydrogen (secondary N) is 1. The van der Waals surface area contributed by atoms with Gasteiger partial charge in [0, 0.05) is 0 Å². The van der Waals surface area contributed by atoms with Crippen molar-refractivity contribution in [3.05, 3.63) is 23.8 Å². The molecule has 0 aliphatic heterocycles. The fourth-order valence-corrected chi connectivity index (χ4v) is 1.19. The molecule has 0 aromatic heterocycles. The molecule has 0 unspecified atom stereocenters. The minimum atomic E-state index is -2.94. The Morgan fingerprint density at radius 2 is 2.25 bits per heavy atom. The second-order valence-corrected chi connectivity index (χ2v) is 3.33. The largest absolute Gasteiger partial charge is 0.433 e. The van der Waals surface area contributed by atoms with E-state index in [1.807, 2.05) is 0 Å². The van der Waals surface area contributed by atoms with Gasteiger partial charge in [0.05, 0.1) is 5.69 Å². The molecule has 16 heavy (non-hydrogen) atoms. The van der Waals surface area contributed by atoms with Gasteiger partial charge < -0.3 is 10.1 Å². The number of hydrogen-bond donors (Lipinski definition) is 1. The van der Waals surface area contributed by atoms with Crippen molar-refractivity contribution in [1.82, 2.24) is 0 Å². The number of rotatable bonds is 4.